The lowest BCUT2D eigenvalue weighted by molar-refractivity contribution is -0.124. The molecule has 0 aliphatic carbocycles. The highest BCUT2D eigenvalue weighted by atomic mass is 35.5. The smallest absolute Gasteiger partial charge is 0.243 e. The zero-order valence-electron chi connectivity index (χ0n) is 11.3. The van der Waals surface area contributed by atoms with Crippen molar-refractivity contribution >= 4 is 29.1 Å². The minimum absolute atomic E-state index is 0.0350. The fourth-order valence-corrected chi connectivity index (χ4v) is 1.80. The molecule has 0 fully saturated rings. The highest BCUT2D eigenvalue weighted by molar-refractivity contribution is 6.33. The van der Waals surface area contributed by atoms with Gasteiger partial charge in [-0.25, -0.2) is 0 Å². The van der Waals surface area contributed by atoms with Crippen LogP contribution >= 0.6 is 11.6 Å². The molecule has 1 aromatic rings. The van der Waals surface area contributed by atoms with Crippen LogP contribution in [0, 0.1) is 6.92 Å². The lowest BCUT2D eigenvalue weighted by Crippen LogP contribution is -2.32. The average Bonchev–Trinajstić information content (AvgIpc) is 2.37. The quantitative estimate of drug-likeness (QED) is 0.843. The van der Waals surface area contributed by atoms with E-state index in [0.29, 0.717) is 17.1 Å². The molecule has 0 bridgehead atoms. The molecule has 0 atom stereocenters. The van der Waals surface area contributed by atoms with Gasteiger partial charge in [-0.3, -0.25) is 9.59 Å². The SMILES string of the molecule is CCCCC(=O)NCC(=O)Nc1ccc(C)cc1Cl. The number of carbonyl (C=O) groups is 2. The number of unbranched alkanes of at least 4 members (excludes halogenated alkanes) is 1. The molecule has 5 heteroatoms. The first-order chi connectivity index (χ1) is 9.02. The second kappa shape index (κ2) is 7.79. The summed E-state index contributed by atoms with van der Waals surface area (Å²) in [6.07, 6.45) is 2.24. The molecule has 0 aliphatic rings. The number of aryl methyl sites for hydroxylation is 1. The van der Waals surface area contributed by atoms with Gasteiger partial charge in [-0.1, -0.05) is 31.0 Å². The van der Waals surface area contributed by atoms with Gasteiger partial charge in [-0.15, -0.1) is 0 Å². The van der Waals surface area contributed by atoms with Gasteiger partial charge < -0.3 is 10.6 Å². The van der Waals surface area contributed by atoms with Crippen LogP contribution in [0.2, 0.25) is 5.02 Å². The molecule has 0 unspecified atom stereocenters. The van der Waals surface area contributed by atoms with Gasteiger partial charge in [0.25, 0.3) is 0 Å². The van der Waals surface area contributed by atoms with Crippen molar-refractivity contribution in [1.29, 1.82) is 0 Å². The maximum Gasteiger partial charge on any atom is 0.243 e. The normalized spacial score (nSPS) is 10.1. The van der Waals surface area contributed by atoms with Gasteiger partial charge in [0.05, 0.1) is 17.3 Å². The Bertz CT molecular complexity index is 461. The maximum atomic E-state index is 11.6. The summed E-state index contributed by atoms with van der Waals surface area (Å²) in [6.45, 7) is 3.90. The van der Waals surface area contributed by atoms with E-state index in [2.05, 4.69) is 10.6 Å². The van der Waals surface area contributed by atoms with Crippen molar-refractivity contribution in [1.82, 2.24) is 5.32 Å². The van der Waals surface area contributed by atoms with Crippen molar-refractivity contribution in [3.63, 3.8) is 0 Å². The van der Waals surface area contributed by atoms with E-state index < -0.39 is 0 Å². The number of rotatable bonds is 6. The predicted octanol–water partition coefficient (Wildman–Crippen LogP) is 2.89. The summed E-state index contributed by atoms with van der Waals surface area (Å²) >= 11 is 6.00. The molecule has 19 heavy (non-hydrogen) atoms. The van der Waals surface area contributed by atoms with Crippen molar-refractivity contribution in [2.45, 2.75) is 33.1 Å². The second-order valence-electron chi connectivity index (χ2n) is 4.41. The predicted molar refractivity (Wildman–Crippen MR) is 77.4 cm³/mol. The molecule has 1 aromatic carbocycles. The van der Waals surface area contributed by atoms with E-state index in [-0.39, 0.29) is 18.4 Å². The lowest BCUT2D eigenvalue weighted by Gasteiger charge is -2.08. The third-order valence-electron chi connectivity index (χ3n) is 2.60. The molecule has 0 spiro atoms. The molecule has 0 saturated carbocycles. The van der Waals surface area contributed by atoms with Gasteiger partial charge >= 0.3 is 0 Å². The van der Waals surface area contributed by atoms with Crippen LogP contribution in [-0.2, 0) is 9.59 Å². The average molecular weight is 283 g/mol. The first-order valence-electron chi connectivity index (χ1n) is 6.35. The van der Waals surface area contributed by atoms with Gasteiger partial charge in [-0.05, 0) is 31.0 Å². The molecular weight excluding hydrogens is 264 g/mol. The Labute approximate surface area is 118 Å². The van der Waals surface area contributed by atoms with Crippen LogP contribution in [0.4, 0.5) is 5.69 Å². The van der Waals surface area contributed by atoms with Crippen LogP contribution in [0.15, 0.2) is 18.2 Å². The monoisotopic (exact) mass is 282 g/mol. The zero-order valence-corrected chi connectivity index (χ0v) is 12.0. The van der Waals surface area contributed by atoms with E-state index in [1.165, 1.54) is 0 Å². The summed E-state index contributed by atoms with van der Waals surface area (Å²) in [7, 11) is 0. The summed E-state index contributed by atoms with van der Waals surface area (Å²) in [5, 5.41) is 5.73. The van der Waals surface area contributed by atoms with Crippen LogP contribution in [0.5, 0.6) is 0 Å². The van der Waals surface area contributed by atoms with Crippen LogP contribution in [0.25, 0.3) is 0 Å². The Kier molecular flexibility index (Phi) is 6.36. The minimum atomic E-state index is -0.282. The molecular formula is C14H19ClN2O2. The van der Waals surface area contributed by atoms with Crippen molar-refractivity contribution in [3.05, 3.63) is 28.8 Å². The molecule has 2 N–H and O–H groups in total. The van der Waals surface area contributed by atoms with Crippen LogP contribution in [0.1, 0.15) is 31.7 Å². The number of nitrogens with one attached hydrogen (secondary N) is 2. The molecule has 1 rings (SSSR count). The third kappa shape index (κ3) is 5.75. The molecule has 0 radical (unpaired) electrons. The van der Waals surface area contributed by atoms with Crippen molar-refractivity contribution < 1.29 is 9.59 Å². The van der Waals surface area contributed by atoms with E-state index in [0.717, 1.165) is 18.4 Å². The number of carbonyl (C=O) groups excluding carboxylic acids is 2. The highest BCUT2D eigenvalue weighted by Gasteiger charge is 2.07. The Hall–Kier alpha value is -1.55. The number of amides is 2. The van der Waals surface area contributed by atoms with E-state index in [9.17, 15) is 9.59 Å². The number of hydrogen-bond acceptors (Lipinski definition) is 2. The number of benzene rings is 1. The minimum Gasteiger partial charge on any atom is -0.347 e. The highest BCUT2D eigenvalue weighted by Crippen LogP contribution is 2.22. The Morgan fingerprint density at radius 1 is 1.26 bits per heavy atom. The standard InChI is InChI=1S/C14H19ClN2O2/c1-3-4-5-13(18)16-9-14(19)17-12-7-6-10(2)8-11(12)15/h6-8H,3-5,9H2,1-2H3,(H,16,18)(H,17,19). The van der Waals surface area contributed by atoms with Crippen LogP contribution in [-0.4, -0.2) is 18.4 Å². The summed E-state index contributed by atoms with van der Waals surface area (Å²) in [5.74, 6) is -0.386. The molecule has 0 aromatic heterocycles. The Morgan fingerprint density at radius 2 is 2.00 bits per heavy atom. The largest absolute Gasteiger partial charge is 0.347 e. The van der Waals surface area contributed by atoms with Gasteiger partial charge in [0.1, 0.15) is 0 Å². The summed E-state index contributed by atoms with van der Waals surface area (Å²) in [5.41, 5.74) is 1.58. The lowest BCUT2D eigenvalue weighted by atomic mass is 10.2. The maximum absolute atomic E-state index is 11.6. The zero-order chi connectivity index (χ0) is 14.3. The van der Waals surface area contributed by atoms with Gasteiger partial charge in [0, 0.05) is 6.42 Å². The first kappa shape index (κ1) is 15.5. The number of halogens is 1. The molecule has 0 aliphatic heterocycles. The molecule has 4 nitrogen and oxygen atoms in total. The van der Waals surface area contributed by atoms with Crippen molar-refractivity contribution in [2.24, 2.45) is 0 Å². The van der Waals surface area contributed by atoms with Crippen molar-refractivity contribution in [3.8, 4) is 0 Å². The van der Waals surface area contributed by atoms with E-state index in [1.54, 1.807) is 12.1 Å². The number of hydrogen-bond donors (Lipinski definition) is 2. The van der Waals surface area contributed by atoms with Gasteiger partial charge in [-0.2, -0.15) is 0 Å². The topological polar surface area (TPSA) is 58.2 Å². The first-order valence-corrected chi connectivity index (χ1v) is 6.73. The van der Waals surface area contributed by atoms with E-state index in [4.69, 9.17) is 11.6 Å². The molecule has 0 saturated heterocycles. The summed E-state index contributed by atoms with van der Waals surface area (Å²) in [4.78, 5) is 23.0. The van der Waals surface area contributed by atoms with E-state index in [1.807, 2.05) is 19.9 Å². The van der Waals surface area contributed by atoms with Crippen molar-refractivity contribution in [2.75, 3.05) is 11.9 Å². The van der Waals surface area contributed by atoms with Gasteiger partial charge in [0.2, 0.25) is 11.8 Å². The molecule has 104 valence electrons. The van der Waals surface area contributed by atoms with E-state index >= 15 is 0 Å². The van der Waals surface area contributed by atoms with Crippen LogP contribution < -0.4 is 10.6 Å². The van der Waals surface area contributed by atoms with Gasteiger partial charge in [0.15, 0.2) is 0 Å². The molecule has 2 amide bonds. The third-order valence-corrected chi connectivity index (χ3v) is 2.91. The summed E-state index contributed by atoms with van der Waals surface area (Å²) < 4.78 is 0. The Balaban J connectivity index is 2.41. The fraction of sp³-hybridized carbons (Fsp3) is 0.429. The second-order valence-corrected chi connectivity index (χ2v) is 4.82. The molecule has 0 heterocycles. The summed E-state index contributed by atoms with van der Waals surface area (Å²) in [6, 6.07) is 5.38. The Morgan fingerprint density at radius 3 is 2.63 bits per heavy atom. The fourth-order valence-electron chi connectivity index (χ4n) is 1.52. The number of anilines is 1. The van der Waals surface area contributed by atoms with Crippen LogP contribution in [0.3, 0.4) is 0 Å².